The normalized spacial score (nSPS) is 15.4. The first-order valence-corrected chi connectivity index (χ1v) is 8.80. The highest BCUT2D eigenvalue weighted by atomic mass is 16.2. The van der Waals surface area contributed by atoms with Crippen LogP contribution in [0.15, 0.2) is 18.2 Å². The molecule has 128 valence electrons. The van der Waals surface area contributed by atoms with Crippen LogP contribution in [0.4, 0.5) is 11.4 Å². The van der Waals surface area contributed by atoms with E-state index in [9.17, 15) is 4.79 Å². The van der Waals surface area contributed by atoms with Crippen LogP contribution in [0.25, 0.3) is 0 Å². The second kappa shape index (κ2) is 8.77. The van der Waals surface area contributed by atoms with Crippen LogP contribution in [-0.2, 0) is 0 Å². The van der Waals surface area contributed by atoms with Crippen molar-refractivity contribution in [1.29, 1.82) is 0 Å². The largest absolute Gasteiger partial charge is 0.397 e. The van der Waals surface area contributed by atoms with Crippen molar-refractivity contribution < 1.29 is 4.79 Å². The van der Waals surface area contributed by atoms with Crippen LogP contribution in [0.1, 0.15) is 43.5 Å². The van der Waals surface area contributed by atoms with E-state index in [-0.39, 0.29) is 5.91 Å². The van der Waals surface area contributed by atoms with Crippen LogP contribution in [0.2, 0.25) is 0 Å². The minimum absolute atomic E-state index is 0.0431. The molecule has 2 rings (SSSR count). The SMILES string of the molecule is CCN(CC)C(=O)c1ccc(NCCN2CCCCC2)c(N)c1. The summed E-state index contributed by atoms with van der Waals surface area (Å²) in [4.78, 5) is 16.6. The summed E-state index contributed by atoms with van der Waals surface area (Å²) in [6.07, 6.45) is 3.98. The molecule has 5 nitrogen and oxygen atoms in total. The van der Waals surface area contributed by atoms with Crippen molar-refractivity contribution in [2.24, 2.45) is 0 Å². The maximum atomic E-state index is 12.3. The summed E-state index contributed by atoms with van der Waals surface area (Å²) in [6, 6.07) is 5.56. The highest BCUT2D eigenvalue weighted by Crippen LogP contribution is 2.21. The van der Waals surface area contributed by atoms with Crippen molar-refractivity contribution in [3.8, 4) is 0 Å². The molecule has 23 heavy (non-hydrogen) atoms. The first-order chi connectivity index (χ1) is 11.2. The molecule has 1 amide bonds. The second-order valence-electron chi connectivity index (χ2n) is 6.11. The van der Waals surface area contributed by atoms with E-state index in [0.717, 1.165) is 18.8 Å². The number of anilines is 2. The highest BCUT2D eigenvalue weighted by Gasteiger charge is 2.14. The van der Waals surface area contributed by atoms with Gasteiger partial charge in [-0.3, -0.25) is 4.79 Å². The molecule has 5 heteroatoms. The number of piperidine rings is 1. The number of likely N-dealkylation sites (tertiary alicyclic amines) is 1. The van der Waals surface area contributed by atoms with Gasteiger partial charge in [0.2, 0.25) is 0 Å². The summed E-state index contributed by atoms with van der Waals surface area (Å²) in [5.41, 5.74) is 8.33. The first kappa shape index (κ1) is 17.6. The summed E-state index contributed by atoms with van der Waals surface area (Å²) in [6.45, 7) is 9.73. The molecule has 0 atom stereocenters. The number of rotatable bonds is 7. The number of hydrogen-bond donors (Lipinski definition) is 2. The lowest BCUT2D eigenvalue weighted by Gasteiger charge is -2.26. The number of carbonyl (C=O) groups is 1. The zero-order valence-electron chi connectivity index (χ0n) is 14.5. The van der Waals surface area contributed by atoms with E-state index in [4.69, 9.17) is 5.73 Å². The smallest absolute Gasteiger partial charge is 0.253 e. The van der Waals surface area contributed by atoms with Crippen LogP contribution in [0.5, 0.6) is 0 Å². The molecular formula is C18H30N4O. The van der Waals surface area contributed by atoms with Gasteiger partial charge in [0.25, 0.3) is 5.91 Å². The number of nitrogen functional groups attached to an aromatic ring is 1. The highest BCUT2D eigenvalue weighted by molar-refractivity contribution is 5.96. The third-order valence-electron chi connectivity index (χ3n) is 4.54. The summed E-state index contributed by atoms with van der Waals surface area (Å²) in [5, 5.41) is 3.39. The number of hydrogen-bond acceptors (Lipinski definition) is 4. The molecule has 0 saturated carbocycles. The molecule has 1 saturated heterocycles. The van der Waals surface area contributed by atoms with Gasteiger partial charge in [-0.05, 0) is 58.0 Å². The number of amides is 1. The van der Waals surface area contributed by atoms with Crippen molar-refractivity contribution >= 4 is 17.3 Å². The van der Waals surface area contributed by atoms with Gasteiger partial charge < -0.3 is 20.9 Å². The molecule has 0 bridgehead atoms. The summed E-state index contributed by atoms with van der Waals surface area (Å²) < 4.78 is 0. The van der Waals surface area contributed by atoms with Crippen molar-refractivity contribution in [3.05, 3.63) is 23.8 Å². The lowest BCUT2D eigenvalue weighted by molar-refractivity contribution is 0.0773. The molecule has 1 aromatic rings. The molecular weight excluding hydrogens is 288 g/mol. The zero-order chi connectivity index (χ0) is 16.7. The molecule has 0 aliphatic carbocycles. The summed E-state index contributed by atoms with van der Waals surface area (Å²) >= 11 is 0. The van der Waals surface area contributed by atoms with Crippen LogP contribution in [-0.4, -0.2) is 55.0 Å². The average molecular weight is 318 g/mol. The van der Waals surface area contributed by atoms with Gasteiger partial charge in [0.05, 0.1) is 11.4 Å². The third kappa shape index (κ3) is 4.86. The molecule has 1 heterocycles. The van der Waals surface area contributed by atoms with Gasteiger partial charge in [-0.1, -0.05) is 6.42 Å². The molecule has 1 aliphatic rings. The van der Waals surface area contributed by atoms with E-state index < -0.39 is 0 Å². The molecule has 0 spiro atoms. The Morgan fingerprint density at radius 1 is 1.22 bits per heavy atom. The van der Waals surface area contributed by atoms with Crippen molar-refractivity contribution in [3.63, 3.8) is 0 Å². The molecule has 0 radical (unpaired) electrons. The molecule has 1 fully saturated rings. The fourth-order valence-corrected chi connectivity index (χ4v) is 3.08. The van der Waals surface area contributed by atoms with Gasteiger partial charge in [0.1, 0.15) is 0 Å². The van der Waals surface area contributed by atoms with Crippen molar-refractivity contribution in [1.82, 2.24) is 9.80 Å². The van der Waals surface area contributed by atoms with Crippen LogP contribution >= 0.6 is 0 Å². The Balaban J connectivity index is 1.89. The lowest BCUT2D eigenvalue weighted by atomic mass is 10.1. The molecule has 1 aliphatic heterocycles. The molecule has 0 aromatic heterocycles. The topological polar surface area (TPSA) is 61.6 Å². The minimum Gasteiger partial charge on any atom is -0.397 e. The fourth-order valence-electron chi connectivity index (χ4n) is 3.08. The van der Waals surface area contributed by atoms with Crippen LogP contribution in [0.3, 0.4) is 0 Å². The van der Waals surface area contributed by atoms with Gasteiger partial charge in [-0.25, -0.2) is 0 Å². The number of benzene rings is 1. The minimum atomic E-state index is 0.0431. The van der Waals surface area contributed by atoms with Gasteiger partial charge in [-0.15, -0.1) is 0 Å². The first-order valence-electron chi connectivity index (χ1n) is 8.80. The van der Waals surface area contributed by atoms with Gasteiger partial charge in [0, 0.05) is 31.7 Å². The van der Waals surface area contributed by atoms with Crippen molar-refractivity contribution in [2.75, 3.05) is 50.3 Å². The Morgan fingerprint density at radius 3 is 2.52 bits per heavy atom. The second-order valence-corrected chi connectivity index (χ2v) is 6.11. The Morgan fingerprint density at radius 2 is 1.91 bits per heavy atom. The van der Waals surface area contributed by atoms with Crippen LogP contribution < -0.4 is 11.1 Å². The Hall–Kier alpha value is -1.75. The number of nitrogens with one attached hydrogen (secondary N) is 1. The number of carbonyl (C=O) groups excluding carboxylic acids is 1. The summed E-state index contributed by atoms with van der Waals surface area (Å²) in [7, 11) is 0. The van der Waals surface area contributed by atoms with Crippen molar-refractivity contribution in [2.45, 2.75) is 33.1 Å². The standard InChI is InChI=1S/C18H30N4O/c1-3-22(4-2)18(23)15-8-9-17(16(19)14-15)20-10-13-21-11-6-5-7-12-21/h8-9,14,20H,3-7,10-13,19H2,1-2H3. The predicted octanol–water partition coefficient (Wildman–Crippen LogP) is 2.65. The average Bonchev–Trinajstić information content (AvgIpc) is 2.58. The monoisotopic (exact) mass is 318 g/mol. The van der Waals surface area contributed by atoms with E-state index in [1.54, 1.807) is 11.0 Å². The zero-order valence-corrected chi connectivity index (χ0v) is 14.5. The Labute approximate surface area is 139 Å². The summed E-state index contributed by atoms with van der Waals surface area (Å²) in [5.74, 6) is 0.0431. The van der Waals surface area contributed by atoms with E-state index in [1.165, 1.54) is 32.4 Å². The predicted molar refractivity (Wildman–Crippen MR) is 96.9 cm³/mol. The number of nitrogens with zero attached hydrogens (tertiary/aromatic N) is 2. The maximum Gasteiger partial charge on any atom is 0.253 e. The van der Waals surface area contributed by atoms with Gasteiger partial charge in [-0.2, -0.15) is 0 Å². The van der Waals surface area contributed by atoms with E-state index in [1.807, 2.05) is 26.0 Å². The molecule has 1 aromatic carbocycles. The number of nitrogens with two attached hydrogens (primary N) is 1. The Kier molecular flexibility index (Phi) is 6.71. The Bertz CT molecular complexity index is 508. The van der Waals surface area contributed by atoms with Gasteiger partial charge in [0.15, 0.2) is 0 Å². The maximum absolute atomic E-state index is 12.3. The lowest BCUT2D eigenvalue weighted by Crippen LogP contribution is -2.33. The van der Waals surface area contributed by atoms with Crippen LogP contribution in [0, 0.1) is 0 Å². The van der Waals surface area contributed by atoms with E-state index >= 15 is 0 Å². The third-order valence-corrected chi connectivity index (χ3v) is 4.54. The van der Waals surface area contributed by atoms with Gasteiger partial charge >= 0.3 is 0 Å². The van der Waals surface area contributed by atoms with E-state index in [2.05, 4.69) is 10.2 Å². The van der Waals surface area contributed by atoms with E-state index in [0.29, 0.717) is 24.3 Å². The fraction of sp³-hybridized carbons (Fsp3) is 0.611. The molecule has 0 unspecified atom stereocenters. The molecule has 3 N–H and O–H groups in total. The quantitative estimate of drug-likeness (QED) is 0.759.